The molecule has 1 aromatic heterocycles. The Morgan fingerprint density at radius 3 is 2.58 bits per heavy atom. The van der Waals surface area contributed by atoms with Crippen LogP contribution in [0.3, 0.4) is 0 Å². The predicted octanol–water partition coefficient (Wildman–Crippen LogP) is 4.68. The maximum Gasteiger partial charge on any atom is 0.298 e. The fraction of sp³-hybridized carbons (Fsp3) is 0.0526. The second-order valence-corrected chi connectivity index (χ2v) is 6.75. The first kappa shape index (κ1) is 16.5. The van der Waals surface area contributed by atoms with Crippen LogP contribution in [0, 0.1) is 11.6 Å². The zero-order valence-electron chi connectivity index (χ0n) is 13.4. The minimum atomic E-state index is -0.626. The number of thioether (sulfide) groups is 1. The highest BCUT2D eigenvalue weighted by Crippen LogP contribution is 2.37. The SMILES string of the molecule is C=C1C(=O)SC(=O)N1c1cccc2c1ccn2Cc1ccc(F)cc1F. The molecule has 0 spiro atoms. The van der Waals surface area contributed by atoms with E-state index in [-0.39, 0.29) is 17.4 Å². The summed E-state index contributed by atoms with van der Waals surface area (Å²) >= 11 is 0.609. The number of rotatable bonds is 3. The van der Waals surface area contributed by atoms with Crippen LogP contribution in [-0.2, 0) is 11.3 Å². The molecule has 1 saturated heterocycles. The van der Waals surface area contributed by atoms with E-state index in [1.807, 2.05) is 6.07 Å². The standard InChI is InChI=1S/C19H12F2N2O2S/c1-11-18(24)26-19(25)23(11)17-4-2-3-16-14(17)7-8-22(16)10-12-5-6-13(20)9-15(12)21/h2-9H,1,10H2. The van der Waals surface area contributed by atoms with Gasteiger partial charge >= 0.3 is 0 Å². The summed E-state index contributed by atoms with van der Waals surface area (Å²) in [7, 11) is 0. The molecule has 0 N–H and O–H groups in total. The third-order valence-electron chi connectivity index (χ3n) is 4.26. The average molecular weight is 370 g/mol. The Bertz CT molecular complexity index is 1090. The van der Waals surface area contributed by atoms with Gasteiger partial charge in [0.05, 0.1) is 23.4 Å². The van der Waals surface area contributed by atoms with Gasteiger partial charge in [0.2, 0.25) is 5.12 Å². The molecule has 130 valence electrons. The molecular weight excluding hydrogens is 358 g/mol. The van der Waals surface area contributed by atoms with E-state index in [4.69, 9.17) is 0 Å². The van der Waals surface area contributed by atoms with Gasteiger partial charge in [0.25, 0.3) is 5.24 Å². The van der Waals surface area contributed by atoms with Crippen molar-refractivity contribution in [3.05, 3.63) is 78.1 Å². The van der Waals surface area contributed by atoms with Crippen molar-refractivity contribution in [2.75, 3.05) is 4.90 Å². The summed E-state index contributed by atoms with van der Waals surface area (Å²) in [6.45, 7) is 3.90. The Hall–Kier alpha value is -2.93. The van der Waals surface area contributed by atoms with Gasteiger partial charge in [0, 0.05) is 35.0 Å². The number of hydrogen-bond donors (Lipinski definition) is 0. The summed E-state index contributed by atoms with van der Waals surface area (Å²) < 4.78 is 28.8. The van der Waals surface area contributed by atoms with Crippen LogP contribution in [0.4, 0.5) is 19.3 Å². The van der Waals surface area contributed by atoms with Crippen molar-refractivity contribution in [2.45, 2.75) is 6.54 Å². The van der Waals surface area contributed by atoms with E-state index in [0.29, 0.717) is 23.0 Å². The third-order valence-corrected chi connectivity index (χ3v) is 5.03. The van der Waals surface area contributed by atoms with Gasteiger partial charge < -0.3 is 4.57 Å². The molecule has 0 radical (unpaired) electrons. The normalized spacial score (nSPS) is 14.7. The van der Waals surface area contributed by atoms with Gasteiger partial charge in [-0.25, -0.2) is 8.78 Å². The molecule has 26 heavy (non-hydrogen) atoms. The molecule has 1 aliphatic heterocycles. The summed E-state index contributed by atoms with van der Waals surface area (Å²) in [4.78, 5) is 25.2. The van der Waals surface area contributed by atoms with Gasteiger partial charge in [-0.15, -0.1) is 0 Å². The lowest BCUT2D eigenvalue weighted by Gasteiger charge is -2.16. The van der Waals surface area contributed by atoms with Crippen molar-refractivity contribution in [1.82, 2.24) is 4.57 Å². The Morgan fingerprint density at radius 1 is 1.08 bits per heavy atom. The quantitative estimate of drug-likeness (QED) is 0.629. The first-order valence-electron chi connectivity index (χ1n) is 7.72. The molecule has 2 heterocycles. The molecule has 0 bridgehead atoms. The highest BCUT2D eigenvalue weighted by atomic mass is 32.2. The molecule has 1 fully saturated rings. The Balaban J connectivity index is 1.77. The fourth-order valence-corrected chi connectivity index (χ4v) is 3.67. The molecule has 3 aromatic rings. The zero-order chi connectivity index (χ0) is 18.4. The minimum Gasteiger partial charge on any atom is -0.343 e. The molecule has 0 unspecified atom stereocenters. The first-order chi connectivity index (χ1) is 12.5. The second-order valence-electron chi connectivity index (χ2n) is 5.83. The van der Waals surface area contributed by atoms with Gasteiger partial charge in [0.1, 0.15) is 11.6 Å². The Morgan fingerprint density at radius 2 is 1.88 bits per heavy atom. The van der Waals surface area contributed by atoms with Crippen LogP contribution < -0.4 is 4.90 Å². The molecule has 0 atom stereocenters. The number of hydrogen-bond acceptors (Lipinski definition) is 3. The maximum absolute atomic E-state index is 14.0. The van der Waals surface area contributed by atoms with Crippen LogP contribution in [0.2, 0.25) is 0 Å². The minimum absolute atomic E-state index is 0.116. The summed E-state index contributed by atoms with van der Waals surface area (Å²) in [5, 5.41) is -0.0375. The van der Waals surface area contributed by atoms with Crippen LogP contribution in [0.5, 0.6) is 0 Å². The van der Waals surface area contributed by atoms with E-state index in [1.165, 1.54) is 17.0 Å². The Kier molecular flexibility index (Phi) is 3.88. The van der Waals surface area contributed by atoms with Gasteiger partial charge in [-0.3, -0.25) is 14.5 Å². The maximum atomic E-state index is 14.0. The van der Waals surface area contributed by atoms with Crippen molar-refractivity contribution in [2.24, 2.45) is 0 Å². The molecule has 4 rings (SSSR count). The van der Waals surface area contributed by atoms with Crippen molar-refractivity contribution in [3.63, 3.8) is 0 Å². The van der Waals surface area contributed by atoms with Crippen LogP contribution >= 0.6 is 11.8 Å². The predicted molar refractivity (Wildman–Crippen MR) is 97.0 cm³/mol. The highest BCUT2D eigenvalue weighted by Gasteiger charge is 2.35. The lowest BCUT2D eigenvalue weighted by atomic mass is 10.2. The van der Waals surface area contributed by atoms with Gasteiger partial charge in [-0.1, -0.05) is 18.7 Å². The van der Waals surface area contributed by atoms with Gasteiger partial charge in [-0.2, -0.15) is 0 Å². The van der Waals surface area contributed by atoms with Crippen LogP contribution in [0.15, 0.2) is 60.9 Å². The number of anilines is 1. The number of aromatic nitrogens is 1. The monoisotopic (exact) mass is 370 g/mol. The molecule has 7 heteroatoms. The van der Waals surface area contributed by atoms with E-state index in [2.05, 4.69) is 6.58 Å². The lowest BCUT2D eigenvalue weighted by Crippen LogP contribution is -2.20. The van der Waals surface area contributed by atoms with E-state index < -0.39 is 16.9 Å². The summed E-state index contributed by atoms with van der Waals surface area (Å²) in [6.07, 6.45) is 1.76. The highest BCUT2D eigenvalue weighted by molar-refractivity contribution is 8.27. The molecule has 0 aliphatic carbocycles. The number of carbonyl (C=O) groups is 2. The van der Waals surface area contributed by atoms with Crippen molar-refractivity contribution in [3.8, 4) is 0 Å². The largest absolute Gasteiger partial charge is 0.343 e. The molecule has 1 aliphatic rings. The molecule has 4 nitrogen and oxygen atoms in total. The lowest BCUT2D eigenvalue weighted by molar-refractivity contribution is -0.107. The fourth-order valence-electron chi connectivity index (χ4n) is 3.00. The number of carbonyl (C=O) groups excluding carboxylic acids is 2. The number of nitrogens with zero attached hydrogens (tertiary/aromatic N) is 2. The Labute approximate surface area is 151 Å². The summed E-state index contributed by atoms with van der Waals surface area (Å²) in [5.41, 5.74) is 1.77. The topological polar surface area (TPSA) is 42.3 Å². The van der Waals surface area contributed by atoms with Crippen molar-refractivity contribution >= 4 is 38.7 Å². The van der Waals surface area contributed by atoms with Crippen molar-refractivity contribution < 1.29 is 18.4 Å². The van der Waals surface area contributed by atoms with Gasteiger partial charge in [-0.05, 0) is 24.3 Å². The van der Waals surface area contributed by atoms with Crippen LogP contribution in [0.25, 0.3) is 10.9 Å². The number of halogens is 2. The molecular formula is C19H12F2N2O2S. The second kappa shape index (κ2) is 6.10. The third kappa shape index (κ3) is 2.61. The molecule has 2 aromatic carbocycles. The smallest absolute Gasteiger partial charge is 0.298 e. The van der Waals surface area contributed by atoms with E-state index in [9.17, 15) is 18.4 Å². The van der Waals surface area contributed by atoms with E-state index >= 15 is 0 Å². The zero-order valence-corrected chi connectivity index (χ0v) is 14.2. The van der Waals surface area contributed by atoms with Crippen LogP contribution in [-0.4, -0.2) is 14.9 Å². The number of benzene rings is 2. The van der Waals surface area contributed by atoms with Crippen LogP contribution in [0.1, 0.15) is 5.56 Å². The summed E-state index contributed by atoms with van der Waals surface area (Å²) in [6, 6.07) is 10.6. The van der Waals surface area contributed by atoms with Crippen molar-refractivity contribution in [1.29, 1.82) is 0 Å². The first-order valence-corrected chi connectivity index (χ1v) is 8.54. The molecule has 0 saturated carbocycles. The molecule has 1 amide bonds. The van der Waals surface area contributed by atoms with Gasteiger partial charge in [0.15, 0.2) is 0 Å². The summed E-state index contributed by atoms with van der Waals surface area (Å²) in [5.74, 6) is -1.24. The van der Waals surface area contributed by atoms with E-state index in [1.54, 1.807) is 29.0 Å². The number of amides is 1. The van der Waals surface area contributed by atoms with E-state index in [0.717, 1.165) is 17.0 Å². The number of fused-ring (bicyclic) bond motifs is 1. The average Bonchev–Trinajstić information content (AvgIpc) is 3.11.